The van der Waals surface area contributed by atoms with Crippen molar-refractivity contribution in [1.82, 2.24) is 4.72 Å². The second kappa shape index (κ2) is 10.3. The Hall–Kier alpha value is -1.47. The standard InChI is InChI=1S/C16H25FN2O3S/c1-2-3-4-5-6-7-12-23(21,22)18-13-16(20)19-15-10-8-14(17)9-11-15/h8-11,18H,2-7,12-13H2,1H3,(H,19,20). The molecule has 2 N–H and O–H groups in total. The van der Waals surface area contributed by atoms with Gasteiger partial charge in [0.2, 0.25) is 15.9 Å². The smallest absolute Gasteiger partial charge is 0.239 e. The number of carbonyl (C=O) groups is 1. The van der Waals surface area contributed by atoms with Gasteiger partial charge in [0.1, 0.15) is 5.82 Å². The molecule has 1 amide bonds. The third-order valence-electron chi connectivity index (χ3n) is 3.35. The molecule has 1 aromatic carbocycles. The normalized spacial score (nSPS) is 11.4. The Morgan fingerprint density at radius 3 is 2.30 bits per heavy atom. The fraction of sp³-hybridized carbons (Fsp3) is 0.562. The van der Waals surface area contributed by atoms with Gasteiger partial charge in [-0.1, -0.05) is 39.0 Å². The molecule has 0 aliphatic heterocycles. The van der Waals surface area contributed by atoms with Crippen LogP contribution in [0.3, 0.4) is 0 Å². The average molecular weight is 344 g/mol. The van der Waals surface area contributed by atoms with E-state index in [0.29, 0.717) is 12.1 Å². The Kier molecular flexibility index (Phi) is 8.79. The fourth-order valence-electron chi connectivity index (χ4n) is 2.06. The monoisotopic (exact) mass is 344 g/mol. The van der Waals surface area contributed by atoms with Gasteiger partial charge in [-0.05, 0) is 30.7 Å². The third kappa shape index (κ3) is 9.30. The van der Waals surface area contributed by atoms with Crippen molar-refractivity contribution < 1.29 is 17.6 Å². The summed E-state index contributed by atoms with van der Waals surface area (Å²) in [6.45, 7) is 1.81. The minimum absolute atomic E-state index is 0.0307. The van der Waals surface area contributed by atoms with Gasteiger partial charge >= 0.3 is 0 Å². The number of sulfonamides is 1. The van der Waals surface area contributed by atoms with E-state index in [4.69, 9.17) is 0 Å². The lowest BCUT2D eigenvalue weighted by Crippen LogP contribution is -2.34. The predicted octanol–water partition coefficient (Wildman–Crippen LogP) is 3.04. The first-order valence-electron chi connectivity index (χ1n) is 7.95. The summed E-state index contributed by atoms with van der Waals surface area (Å²) in [5.41, 5.74) is 0.423. The summed E-state index contributed by atoms with van der Waals surface area (Å²) in [4.78, 5) is 11.7. The highest BCUT2D eigenvalue weighted by molar-refractivity contribution is 7.89. The Balaban J connectivity index is 2.23. The molecule has 0 fully saturated rings. The highest BCUT2D eigenvalue weighted by Gasteiger charge is 2.12. The highest BCUT2D eigenvalue weighted by Crippen LogP contribution is 2.08. The van der Waals surface area contributed by atoms with Crippen LogP contribution < -0.4 is 10.0 Å². The Morgan fingerprint density at radius 1 is 1.04 bits per heavy atom. The van der Waals surface area contributed by atoms with Crippen LogP contribution in [0.2, 0.25) is 0 Å². The number of anilines is 1. The maximum absolute atomic E-state index is 12.7. The summed E-state index contributed by atoms with van der Waals surface area (Å²) in [6.07, 6.45) is 5.97. The summed E-state index contributed by atoms with van der Waals surface area (Å²) in [6, 6.07) is 5.27. The van der Waals surface area contributed by atoms with E-state index in [-0.39, 0.29) is 12.3 Å². The van der Waals surface area contributed by atoms with Crippen LogP contribution in [0.15, 0.2) is 24.3 Å². The molecule has 7 heteroatoms. The van der Waals surface area contributed by atoms with Crippen molar-refractivity contribution in [3.8, 4) is 0 Å². The molecular weight excluding hydrogens is 319 g/mol. The molecule has 5 nitrogen and oxygen atoms in total. The van der Waals surface area contributed by atoms with Gasteiger partial charge in [0.15, 0.2) is 0 Å². The first-order chi connectivity index (χ1) is 10.9. The summed E-state index contributed by atoms with van der Waals surface area (Å²) in [5, 5.41) is 2.50. The second-order valence-electron chi connectivity index (χ2n) is 5.46. The summed E-state index contributed by atoms with van der Waals surface area (Å²) < 4.78 is 38.6. The Bertz CT molecular complexity index is 573. The number of halogens is 1. The summed E-state index contributed by atoms with van der Waals surface area (Å²) in [5.74, 6) is -0.853. The minimum Gasteiger partial charge on any atom is -0.325 e. The molecule has 0 saturated heterocycles. The van der Waals surface area contributed by atoms with Crippen molar-refractivity contribution in [2.75, 3.05) is 17.6 Å². The molecule has 0 aromatic heterocycles. The molecule has 0 heterocycles. The molecule has 0 bridgehead atoms. The lowest BCUT2D eigenvalue weighted by molar-refractivity contribution is -0.115. The quantitative estimate of drug-likeness (QED) is 0.606. The molecule has 23 heavy (non-hydrogen) atoms. The molecule has 0 spiro atoms. The van der Waals surface area contributed by atoms with E-state index in [1.54, 1.807) is 0 Å². The zero-order chi connectivity index (χ0) is 17.1. The van der Waals surface area contributed by atoms with E-state index in [1.165, 1.54) is 30.7 Å². The topological polar surface area (TPSA) is 75.3 Å². The van der Waals surface area contributed by atoms with E-state index in [0.717, 1.165) is 25.7 Å². The van der Waals surface area contributed by atoms with Crippen LogP contribution in [-0.4, -0.2) is 26.6 Å². The molecule has 0 saturated carbocycles. The van der Waals surface area contributed by atoms with Gasteiger partial charge < -0.3 is 5.32 Å². The van der Waals surface area contributed by atoms with Crippen molar-refractivity contribution in [3.05, 3.63) is 30.1 Å². The van der Waals surface area contributed by atoms with Gasteiger partial charge in [0.05, 0.1) is 12.3 Å². The van der Waals surface area contributed by atoms with Gasteiger partial charge in [-0.15, -0.1) is 0 Å². The third-order valence-corrected chi connectivity index (χ3v) is 4.76. The Labute approximate surface area is 137 Å². The minimum atomic E-state index is -3.44. The van der Waals surface area contributed by atoms with E-state index in [1.807, 2.05) is 0 Å². The maximum atomic E-state index is 12.7. The van der Waals surface area contributed by atoms with Gasteiger partial charge in [0, 0.05) is 5.69 Å². The van der Waals surface area contributed by atoms with Gasteiger partial charge in [-0.3, -0.25) is 4.79 Å². The summed E-state index contributed by atoms with van der Waals surface area (Å²) in [7, 11) is -3.44. The van der Waals surface area contributed by atoms with Crippen LogP contribution in [0.1, 0.15) is 45.4 Å². The highest BCUT2D eigenvalue weighted by atomic mass is 32.2. The number of amides is 1. The lowest BCUT2D eigenvalue weighted by Gasteiger charge is -2.08. The van der Waals surface area contributed by atoms with Crippen molar-refractivity contribution in [1.29, 1.82) is 0 Å². The van der Waals surface area contributed by atoms with Crippen LogP contribution >= 0.6 is 0 Å². The number of benzene rings is 1. The van der Waals surface area contributed by atoms with Crippen molar-refractivity contribution in [3.63, 3.8) is 0 Å². The van der Waals surface area contributed by atoms with Crippen molar-refractivity contribution in [2.24, 2.45) is 0 Å². The largest absolute Gasteiger partial charge is 0.325 e. The molecule has 0 radical (unpaired) electrons. The average Bonchev–Trinajstić information content (AvgIpc) is 2.51. The van der Waals surface area contributed by atoms with E-state index in [9.17, 15) is 17.6 Å². The van der Waals surface area contributed by atoms with Crippen LogP contribution in [0.25, 0.3) is 0 Å². The predicted molar refractivity (Wildman–Crippen MR) is 90.2 cm³/mol. The van der Waals surface area contributed by atoms with Crippen LogP contribution in [0, 0.1) is 5.82 Å². The number of nitrogens with one attached hydrogen (secondary N) is 2. The molecule has 0 aliphatic rings. The zero-order valence-electron chi connectivity index (χ0n) is 13.5. The molecule has 0 atom stereocenters. The van der Waals surface area contributed by atoms with Crippen molar-refractivity contribution in [2.45, 2.75) is 45.4 Å². The van der Waals surface area contributed by atoms with E-state index in [2.05, 4.69) is 17.0 Å². The number of rotatable bonds is 11. The van der Waals surface area contributed by atoms with E-state index < -0.39 is 21.7 Å². The molecule has 1 rings (SSSR count). The van der Waals surface area contributed by atoms with E-state index >= 15 is 0 Å². The SMILES string of the molecule is CCCCCCCCS(=O)(=O)NCC(=O)Nc1ccc(F)cc1. The lowest BCUT2D eigenvalue weighted by atomic mass is 10.1. The molecule has 0 unspecified atom stereocenters. The summed E-state index contributed by atoms with van der Waals surface area (Å²) >= 11 is 0. The molecule has 0 aliphatic carbocycles. The van der Waals surface area contributed by atoms with Crippen LogP contribution in [-0.2, 0) is 14.8 Å². The van der Waals surface area contributed by atoms with Gasteiger partial charge in [-0.25, -0.2) is 17.5 Å². The first-order valence-corrected chi connectivity index (χ1v) is 9.61. The number of hydrogen-bond donors (Lipinski definition) is 2. The molecule has 1 aromatic rings. The fourth-order valence-corrected chi connectivity index (χ4v) is 3.14. The molecular formula is C16H25FN2O3S. The first kappa shape index (κ1) is 19.6. The van der Waals surface area contributed by atoms with Crippen molar-refractivity contribution >= 4 is 21.6 Å². The Morgan fingerprint density at radius 2 is 1.65 bits per heavy atom. The maximum Gasteiger partial charge on any atom is 0.239 e. The second-order valence-corrected chi connectivity index (χ2v) is 7.39. The van der Waals surface area contributed by atoms with Crippen LogP contribution in [0.5, 0.6) is 0 Å². The van der Waals surface area contributed by atoms with Gasteiger partial charge in [-0.2, -0.15) is 0 Å². The number of unbranched alkanes of at least 4 members (excludes halogenated alkanes) is 5. The molecule has 130 valence electrons. The number of carbonyl (C=O) groups excluding carboxylic acids is 1. The van der Waals surface area contributed by atoms with Crippen LogP contribution in [0.4, 0.5) is 10.1 Å². The zero-order valence-corrected chi connectivity index (χ0v) is 14.3. The van der Waals surface area contributed by atoms with Gasteiger partial charge in [0.25, 0.3) is 0 Å². The number of hydrogen-bond acceptors (Lipinski definition) is 3.